The molecule has 1 unspecified atom stereocenters. The van der Waals surface area contributed by atoms with Gasteiger partial charge in [0.05, 0.1) is 5.54 Å². The van der Waals surface area contributed by atoms with Crippen molar-refractivity contribution in [1.82, 2.24) is 10.6 Å². The third kappa shape index (κ3) is 4.64. The zero-order valence-electron chi connectivity index (χ0n) is 10.5. The first-order valence-corrected chi connectivity index (χ1v) is 6.02. The van der Waals surface area contributed by atoms with Gasteiger partial charge in [0.2, 0.25) is 0 Å². The van der Waals surface area contributed by atoms with Crippen LogP contribution >= 0.6 is 0 Å². The number of hydrogen-bond donors (Lipinski definition) is 3. The number of carbonyl (C=O) groups is 1. The molecule has 1 rings (SSSR count). The lowest BCUT2D eigenvalue weighted by Crippen LogP contribution is -2.52. The molecule has 1 aliphatic rings. The Hall–Kier alpha value is -1.06. The Kier molecular flexibility index (Phi) is 4.33. The summed E-state index contributed by atoms with van der Waals surface area (Å²) in [6.07, 6.45) is 4.17. The van der Waals surface area contributed by atoms with Gasteiger partial charge in [0.1, 0.15) is 6.29 Å². The van der Waals surface area contributed by atoms with Crippen molar-refractivity contribution in [3.8, 4) is 0 Å². The maximum absolute atomic E-state index is 11.1. The average Bonchev–Trinajstić information content (AvgIpc) is 2.96. The van der Waals surface area contributed by atoms with Gasteiger partial charge in [-0.1, -0.05) is 13.8 Å². The molecule has 1 saturated carbocycles. The van der Waals surface area contributed by atoms with Crippen molar-refractivity contribution in [2.45, 2.75) is 45.6 Å². The summed E-state index contributed by atoms with van der Waals surface area (Å²) in [5.74, 6) is 1.43. The predicted molar refractivity (Wildman–Crippen MR) is 65.5 cm³/mol. The van der Waals surface area contributed by atoms with Crippen LogP contribution in [0.4, 0.5) is 0 Å². The van der Waals surface area contributed by atoms with Gasteiger partial charge in [0.25, 0.3) is 0 Å². The predicted octanol–water partition coefficient (Wildman–Crippen LogP) is 1.51. The highest BCUT2D eigenvalue weighted by molar-refractivity contribution is 5.81. The quantitative estimate of drug-likeness (QED) is 0.365. The molecule has 1 aliphatic carbocycles. The van der Waals surface area contributed by atoms with Crippen LogP contribution in [0.2, 0.25) is 0 Å². The van der Waals surface area contributed by atoms with Gasteiger partial charge in [-0.3, -0.25) is 5.41 Å². The van der Waals surface area contributed by atoms with Crippen molar-refractivity contribution in [3.05, 3.63) is 0 Å². The normalized spacial score (nSPS) is 19.0. The van der Waals surface area contributed by atoms with Gasteiger partial charge in [-0.2, -0.15) is 0 Å². The van der Waals surface area contributed by atoms with Crippen molar-refractivity contribution >= 4 is 12.2 Å². The summed E-state index contributed by atoms with van der Waals surface area (Å²) in [5.41, 5.74) is -0.623. The van der Waals surface area contributed by atoms with E-state index in [1.54, 1.807) is 0 Å². The lowest BCUT2D eigenvalue weighted by molar-refractivity contribution is -0.112. The molecule has 0 spiro atoms. The highest BCUT2D eigenvalue weighted by atomic mass is 16.1. The Labute approximate surface area is 97.7 Å². The Balaban J connectivity index is 2.34. The number of guanidine groups is 1. The third-order valence-corrected chi connectivity index (χ3v) is 2.77. The summed E-state index contributed by atoms with van der Waals surface area (Å²) >= 11 is 0. The summed E-state index contributed by atoms with van der Waals surface area (Å²) in [7, 11) is 0. The second-order valence-corrected chi connectivity index (χ2v) is 5.46. The summed E-state index contributed by atoms with van der Waals surface area (Å²) in [4.78, 5) is 11.1. The second-order valence-electron chi connectivity index (χ2n) is 5.46. The van der Waals surface area contributed by atoms with E-state index in [4.69, 9.17) is 5.41 Å². The van der Waals surface area contributed by atoms with E-state index in [1.807, 2.05) is 6.92 Å². The van der Waals surface area contributed by atoms with Gasteiger partial charge in [-0.05, 0) is 38.0 Å². The van der Waals surface area contributed by atoms with Crippen LogP contribution < -0.4 is 10.6 Å². The number of nitrogens with one attached hydrogen (secondary N) is 3. The van der Waals surface area contributed by atoms with Crippen molar-refractivity contribution < 1.29 is 4.79 Å². The van der Waals surface area contributed by atoms with E-state index < -0.39 is 5.54 Å². The van der Waals surface area contributed by atoms with Crippen LogP contribution in [0, 0.1) is 17.2 Å². The van der Waals surface area contributed by atoms with Crippen LogP contribution in [0.25, 0.3) is 0 Å². The highest BCUT2D eigenvalue weighted by Gasteiger charge is 2.26. The molecule has 4 nitrogen and oxygen atoms in total. The SMILES string of the molecule is CC(C)CC(C)(C=O)NC(=N)NCC1CC1. The molecule has 92 valence electrons. The van der Waals surface area contributed by atoms with Gasteiger partial charge in [0, 0.05) is 6.54 Å². The minimum atomic E-state index is -0.623. The lowest BCUT2D eigenvalue weighted by atomic mass is 9.92. The fraction of sp³-hybridized carbons (Fsp3) is 0.833. The molecule has 0 radical (unpaired) electrons. The fourth-order valence-electron chi connectivity index (χ4n) is 1.87. The van der Waals surface area contributed by atoms with Gasteiger partial charge in [0.15, 0.2) is 5.96 Å². The van der Waals surface area contributed by atoms with E-state index in [-0.39, 0.29) is 5.96 Å². The largest absolute Gasteiger partial charge is 0.356 e. The van der Waals surface area contributed by atoms with Gasteiger partial charge < -0.3 is 15.4 Å². The Morgan fingerprint density at radius 2 is 2.19 bits per heavy atom. The monoisotopic (exact) mass is 225 g/mol. The first-order valence-electron chi connectivity index (χ1n) is 6.02. The molecule has 0 saturated heterocycles. The van der Waals surface area contributed by atoms with E-state index in [1.165, 1.54) is 12.8 Å². The Bertz CT molecular complexity index is 261. The standard InChI is InChI=1S/C12H23N3O/c1-9(2)6-12(3,8-16)15-11(13)14-7-10-4-5-10/h8-10H,4-7H2,1-3H3,(H3,13,14,15). The molecule has 0 aliphatic heterocycles. The van der Waals surface area contributed by atoms with Gasteiger partial charge in [-0.15, -0.1) is 0 Å². The zero-order valence-corrected chi connectivity index (χ0v) is 10.5. The van der Waals surface area contributed by atoms with E-state index in [2.05, 4.69) is 24.5 Å². The average molecular weight is 225 g/mol. The maximum atomic E-state index is 11.1. The number of rotatable bonds is 6. The fourth-order valence-corrected chi connectivity index (χ4v) is 1.87. The molecular formula is C12H23N3O. The smallest absolute Gasteiger partial charge is 0.189 e. The molecular weight excluding hydrogens is 202 g/mol. The summed E-state index contributed by atoms with van der Waals surface area (Å²) < 4.78 is 0. The molecule has 0 amide bonds. The summed E-state index contributed by atoms with van der Waals surface area (Å²) in [6, 6.07) is 0. The lowest BCUT2D eigenvalue weighted by Gasteiger charge is -2.28. The molecule has 1 atom stereocenters. The van der Waals surface area contributed by atoms with Gasteiger partial charge >= 0.3 is 0 Å². The van der Waals surface area contributed by atoms with E-state index in [0.29, 0.717) is 5.92 Å². The minimum Gasteiger partial charge on any atom is -0.356 e. The zero-order chi connectivity index (χ0) is 12.2. The van der Waals surface area contributed by atoms with Crippen molar-refractivity contribution in [3.63, 3.8) is 0 Å². The highest BCUT2D eigenvalue weighted by Crippen LogP contribution is 2.27. The molecule has 3 N–H and O–H groups in total. The van der Waals surface area contributed by atoms with Crippen LogP contribution in [0.1, 0.15) is 40.0 Å². The number of hydrogen-bond acceptors (Lipinski definition) is 2. The van der Waals surface area contributed by atoms with E-state index >= 15 is 0 Å². The van der Waals surface area contributed by atoms with Crippen LogP contribution in [0.5, 0.6) is 0 Å². The minimum absolute atomic E-state index is 0.266. The van der Waals surface area contributed by atoms with Crippen LogP contribution in [0.15, 0.2) is 0 Å². The summed E-state index contributed by atoms with van der Waals surface area (Å²) in [6.45, 7) is 6.84. The molecule has 1 fully saturated rings. The molecule has 0 aromatic heterocycles. The molecule has 0 aromatic carbocycles. The Morgan fingerprint density at radius 3 is 2.62 bits per heavy atom. The van der Waals surface area contributed by atoms with E-state index in [0.717, 1.165) is 25.2 Å². The number of aldehydes is 1. The number of carbonyl (C=O) groups excluding carboxylic acids is 1. The van der Waals surface area contributed by atoms with Gasteiger partial charge in [-0.25, -0.2) is 0 Å². The topological polar surface area (TPSA) is 65.0 Å². The molecule has 0 heterocycles. The Morgan fingerprint density at radius 1 is 1.56 bits per heavy atom. The van der Waals surface area contributed by atoms with Crippen molar-refractivity contribution in [2.75, 3.05) is 6.54 Å². The first-order chi connectivity index (χ1) is 7.45. The molecule has 4 heteroatoms. The van der Waals surface area contributed by atoms with Crippen molar-refractivity contribution in [1.29, 1.82) is 5.41 Å². The maximum Gasteiger partial charge on any atom is 0.189 e. The molecule has 0 bridgehead atoms. The van der Waals surface area contributed by atoms with Crippen LogP contribution in [0.3, 0.4) is 0 Å². The molecule has 16 heavy (non-hydrogen) atoms. The summed E-state index contributed by atoms with van der Waals surface area (Å²) in [5, 5.41) is 13.7. The second kappa shape index (κ2) is 5.32. The third-order valence-electron chi connectivity index (χ3n) is 2.77. The molecule has 0 aromatic rings. The van der Waals surface area contributed by atoms with Crippen LogP contribution in [-0.4, -0.2) is 24.3 Å². The van der Waals surface area contributed by atoms with E-state index in [9.17, 15) is 4.79 Å². The van der Waals surface area contributed by atoms with Crippen molar-refractivity contribution in [2.24, 2.45) is 11.8 Å². The first kappa shape index (κ1) is 13.0. The van der Waals surface area contributed by atoms with Crippen LogP contribution in [-0.2, 0) is 4.79 Å².